The third-order valence-corrected chi connectivity index (χ3v) is 3.30. The van der Waals surface area contributed by atoms with Crippen LogP contribution >= 0.6 is 0 Å². The summed E-state index contributed by atoms with van der Waals surface area (Å²) in [7, 11) is 1.58. The second-order valence-corrected chi connectivity index (χ2v) is 4.94. The van der Waals surface area contributed by atoms with E-state index in [1.807, 2.05) is 42.5 Å². The number of amides is 1. The molecule has 4 nitrogen and oxygen atoms in total. The molecule has 0 heterocycles. The highest BCUT2D eigenvalue weighted by Gasteiger charge is 2.15. The molecule has 2 rings (SSSR count). The number of ether oxygens (including phenoxy) is 2. The molecule has 4 heteroatoms. The van der Waals surface area contributed by atoms with Gasteiger partial charge in [-0.05, 0) is 31.0 Å². The fourth-order valence-electron chi connectivity index (χ4n) is 2.08. The van der Waals surface area contributed by atoms with Crippen molar-refractivity contribution >= 4 is 5.91 Å². The molecule has 0 spiro atoms. The molecule has 22 heavy (non-hydrogen) atoms. The zero-order chi connectivity index (χ0) is 15.8. The third kappa shape index (κ3) is 4.52. The number of benzene rings is 2. The van der Waals surface area contributed by atoms with Crippen LogP contribution in [0.3, 0.4) is 0 Å². The molecule has 0 aromatic heterocycles. The van der Waals surface area contributed by atoms with Crippen LogP contribution in [0.4, 0.5) is 0 Å². The van der Waals surface area contributed by atoms with Crippen molar-refractivity contribution in [3.63, 3.8) is 0 Å². The van der Waals surface area contributed by atoms with Crippen LogP contribution in [0.1, 0.15) is 12.5 Å². The zero-order valence-electron chi connectivity index (χ0n) is 12.9. The number of carbonyl (C=O) groups is 1. The minimum Gasteiger partial charge on any atom is -0.493 e. The maximum absolute atomic E-state index is 12.1. The normalized spacial score (nSPS) is 11.5. The van der Waals surface area contributed by atoms with E-state index in [-0.39, 0.29) is 5.91 Å². The molecule has 0 aliphatic carbocycles. The molecule has 2 aromatic carbocycles. The first-order valence-corrected chi connectivity index (χ1v) is 7.32. The van der Waals surface area contributed by atoms with Crippen molar-refractivity contribution in [3.05, 3.63) is 60.2 Å². The monoisotopic (exact) mass is 299 g/mol. The van der Waals surface area contributed by atoms with Gasteiger partial charge in [0.25, 0.3) is 5.91 Å². The van der Waals surface area contributed by atoms with Gasteiger partial charge in [-0.2, -0.15) is 0 Å². The van der Waals surface area contributed by atoms with E-state index in [0.29, 0.717) is 18.0 Å². The molecule has 0 aliphatic heterocycles. The van der Waals surface area contributed by atoms with E-state index in [1.54, 1.807) is 26.2 Å². The molecule has 0 saturated carbocycles. The largest absolute Gasteiger partial charge is 0.493 e. The van der Waals surface area contributed by atoms with Gasteiger partial charge in [0.1, 0.15) is 0 Å². The van der Waals surface area contributed by atoms with E-state index in [9.17, 15) is 4.79 Å². The van der Waals surface area contributed by atoms with Crippen molar-refractivity contribution in [1.82, 2.24) is 5.32 Å². The third-order valence-electron chi connectivity index (χ3n) is 3.30. The molecule has 0 unspecified atom stereocenters. The standard InChI is InChI=1S/C18H21NO3/c1-14(22-17-11-7-6-10-16(17)21-2)18(20)19-13-12-15-8-4-3-5-9-15/h3-11,14H,12-13H2,1-2H3,(H,19,20)/t14-/m1/s1. The maximum Gasteiger partial charge on any atom is 0.260 e. The first-order valence-electron chi connectivity index (χ1n) is 7.32. The Bertz CT molecular complexity index is 598. The number of hydrogen-bond donors (Lipinski definition) is 1. The van der Waals surface area contributed by atoms with E-state index in [1.165, 1.54) is 5.56 Å². The van der Waals surface area contributed by atoms with Crippen molar-refractivity contribution in [1.29, 1.82) is 0 Å². The van der Waals surface area contributed by atoms with Gasteiger partial charge in [-0.1, -0.05) is 42.5 Å². The molecule has 0 aliphatic rings. The van der Waals surface area contributed by atoms with Crippen LogP contribution in [-0.2, 0) is 11.2 Å². The zero-order valence-corrected chi connectivity index (χ0v) is 12.9. The summed E-state index contributed by atoms with van der Waals surface area (Å²) >= 11 is 0. The van der Waals surface area contributed by atoms with Gasteiger partial charge in [0, 0.05) is 6.54 Å². The molecular formula is C18H21NO3. The van der Waals surface area contributed by atoms with Crippen LogP contribution < -0.4 is 14.8 Å². The second kappa shape index (κ2) is 8.08. The summed E-state index contributed by atoms with van der Waals surface area (Å²) in [5.41, 5.74) is 1.20. The van der Waals surface area contributed by atoms with E-state index in [4.69, 9.17) is 9.47 Å². The van der Waals surface area contributed by atoms with Crippen LogP contribution in [0.25, 0.3) is 0 Å². The highest BCUT2D eigenvalue weighted by Crippen LogP contribution is 2.26. The first-order chi connectivity index (χ1) is 10.7. The Balaban J connectivity index is 1.82. The van der Waals surface area contributed by atoms with Crippen molar-refractivity contribution < 1.29 is 14.3 Å². The lowest BCUT2D eigenvalue weighted by Crippen LogP contribution is -2.37. The van der Waals surface area contributed by atoms with Crippen LogP contribution in [-0.4, -0.2) is 25.7 Å². The van der Waals surface area contributed by atoms with Gasteiger partial charge in [0.05, 0.1) is 7.11 Å². The average molecular weight is 299 g/mol. The number of nitrogens with one attached hydrogen (secondary N) is 1. The number of para-hydroxylation sites is 2. The average Bonchev–Trinajstić information content (AvgIpc) is 2.56. The van der Waals surface area contributed by atoms with Gasteiger partial charge in [0.15, 0.2) is 17.6 Å². The summed E-state index contributed by atoms with van der Waals surface area (Å²) in [5, 5.41) is 2.88. The van der Waals surface area contributed by atoms with Crippen molar-refractivity contribution in [2.24, 2.45) is 0 Å². The Hall–Kier alpha value is -2.49. The molecule has 116 valence electrons. The van der Waals surface area contributed by atoms with Crippen molar-refractivity contribution in [2.45, 2.75) is 19.4 Å². The number of rotatable bonds is 7. The molecule has 0 fully saturated rings. The molecule has 0 saturated heterocycles. The quantitative estimate of drug-likeness (QED) is 0.855. The molecule has 1 atom stereocenters. The second-order valence-electron chi connectivity index (χ2n) is 4.94. The Morgan fingerprint density at radius 2 is 1.68 bits per heavy atom. The summed E-state index contributed by atoms with van der Waals surface area (Å²) in [5.74, 6) is 1.05. The SMILES string of the molecule is COc1ccccc1O[C@H](C)C(=O)NCCc1ccccc1. The summed E-state index contributed by atoms with van der Waals surface area (Å²) < 4.78 is 10.9. The topological polar surface area (TPSA) is 47.6 Å². The fourth-order valence-corrected chi connectivity index (χ4v) is 2.08. The molecular weight excluding hydrogens is 278 g/mol. The highest BCUT2D eigenvalue weighted by atomic mass is 16.5. The summed E-state index contributed by atoms with van der Waals surface area (Å²) in [6.07, 6.45) is 0.223. The van der Waals surface area contributed by atoms with Gasteiger partial charge in [-0.3, -0.25) is 4.79 Å². The van der Waals surface area contributed by atoms with Gasteiger partial charge in [0.2, 0.25) is 0 Å². The van der Waals surface area contributed by atoms with Crippen LogP contribution in [0.15, 0.2) is 54.6 Å². The minimum absolute atomic E-state index is 0.137. The Labute approximate surface area is 131 Å². The summed E-state index contributed by atoms with van der Waals surface area (Å²) in [6.45, 7) is 2.31. The minimum atomic E-state index is -0.577. The van der Waals surface area contributed by atoms with Crippen LogP contribution in [0.2, 0.25) is 0 Å². The number of hydrogen-bond acceptors (Lipinski definition) is 3. The van der Waals surface area contributed by atoms with E-state index in [0.717, 1.165) is 6.42 Å². The maximum atomic E-state index is 12.1. The Morgan fingerprint density at radius 3 is 2.36 bits per heavy atom. The molecule has 0 radical (unpaired) electrons. The number of methoxy groups -OCH3 is 1. The lowest BCUT2D eigenvalue weighted by Gasteiger charge is -2.16. The van der Waals surface area contributed by atoms with E-state index >= 15 is 0 Å². The molecule has 0 bridgehead atoms. The van der Waals surface area contributed by atoms with Gasteiger partial charge in [-0.25, -0.2) is 0 Å². The first kappa shape index (κ1) is 15.9. The predicted octanol–water partition coefficient (Wildman–Crippen LogP) is 2.82. The van der Waals surface area contributed by atoms with Gasteiger partial charge >= 0.3 is 0 Å². The Kier molecular flexibility index (Phi) is 5.83. The van der Waals surface area contributed by atoms with Crippen LogP contribution in [0, 0.1) is 0 Å². The van der Waals surface area contributed by atoms with Crippen molar-refractivity contribution in [2.75, 3.05) is 13.7 Å². The lowest BCUT2D eigenvalue weighted by molar-refractivity contribution is -0.127. The molecule has 2 aromatic rings. The van der Waals surface area contributed by atoms with Gasteiger partial charge in [-0.15, -0.1) is 0 Å². The van der Waals surface area contributed by atoms with E-state index in [2.05, 4.69) is 5.32 Å². The lowest BCUT2D eigenvalue weighted by atomic mass is 10.1. The fraction of sp³-hybridized carbons (Fsp3) is 0.278. The molecule has 1 amide bonds. The smallest absolute Gasteiger partial charge is 0.260 e. The summed E-state index contributed by atoms with van der Waals surface area (Å²) in [6, 6.07) is 17.3. The number of carbonyl (C=O) groups excluding carboxylic acids is 1. The van der Waals surface area contributed by atoms with Gasteiger partial charge < -0.3 is 14.8 Å². The highest BCUT2D eigenvalue weighted by molar-refractivity contribution is 5.80. The Morgan fingerprint density at radius 1 is 1.05 bits per heavy atom. The molecule has 1 N–H and O–H groups in total. The predicted molar refractivity (Wildman–Crippen MR) is 86.2 cm³/mol. The van der Waals surface area contributed by atoms with Crippen LogP contribution in [0.5, 0.6) is 11.5 Å². The summed E-state index contributed by atoms with van der Waals surface area (Å²) in [4.78, 5) is 12.1. The van der Waals surface area contributed by atoms with Crippen molar-refractivity contribution in [3.8, 4) is 11.5 Å². The van der Waals surface area contributed by atoms with E-state index < -0.39 is 6.10 Å².